The number of esters is 1. The van der Waals surface area contributed by atoms with Crippen molar-refractivity contribution in [3.8, 4) is 22.5 Å². The lowest BCUT2D eigenvalue weighted by Crippen LogP contribution is -2.62. The molecule has 3 aliphatic heterocycles. The smallest absolute Gasteiger partial charge is 0.410 e. The second-order valence-corrected chi connectivity index (χ2v) is 21.1. The van der Waals surface area contributed by atoms with Gasteiger partial charge in [0.15, 0.2) is 0 Å². The summed E-state index contributed by atoms with van der Waals surface area (Å²) in [6.07, 6.45) is 2.38. The molecule has 3 aromatic heterocycles. The molecule has 6 bridgehead atoms. The molecule has 7 rings (SSSR count). The van der Waals surface area contributed by atoms with Crippen molar-refractivity contribution in [2.24, 2.45) is 17.3 Å². The van der Waals surface area contributed by atoms with Gasteiger partial charge in [-0.15, -0.1) is 11.3 Å². The van der Waals surface area contributed by atoms with Crippen LogP contribution < -0.4 is 10.7 Å². The van der Waals surface area contributed by atoms with Gasteiger partial charge in [-0.3, -0.25) is 29.2 Å². The summed E-state index contributed by atoms with van der Waals surface area (Å²) in [5, 5.41) is 18.9. The Morgan fingerprint density at radius 3 is 2.58 bits per heavy atom. The van der Waals surface area contributed by atoms with E-state index in [1.54, 1.807) is 40.9 Å². The highest BCUT2D eigenvalue weighted by Gasteiger charge is 2.41. The lowest BCUT2D eigenvalue weighted by molar-refractivity contribution is -0.155. The normalized spacial score (nSPS) is 21.3. The third-order valence-electron chi connectivity index (χ3n) is 12.7. The zero-order chi connectivity index (χ0) is 47.8. The molecule has 356 valence electrons. The second-order valence-electron chi connectivity index (χ2n) is 20.1. The minimum Gasteiger partial charge on any atom is -0.464 e. The quantitative estimate of drug-likeness (QED) is 0.169. The van der Waals surface area contributed by atoms with Gasteiger partial charge in [-0.2, -0.15) is 0 Å². The van der Waals surface area contributed by atoms with E-state index in [2.05, 4.69) is 53.2 Å². The Bertz CT molecular complexity index is 2470. The number of hydrogen-bond donors (Lipinski definition) is 3. The molecule has 1 aromatic carbocycles. The maximum atomic E-state index is 14.6. The van der Waals surface area contributed by atoms with Gasteiger partial charge in [0.2, 0.25) is 11.8 Å². The largest absolute Gasteiger partial charge is 0.464 e. The minimum absolute atomic E-state index is 0.0552. The number of thiazole rings is 1. The number of pyridine rings is 1. The first kappa shape index (κ1) is 48.5. The number of aliphatic hydroxyl groups excluding tert-OH is 1. The summed E-state index contributed by atoms with van der Waals surface area (Å²) in [4.78, 5) is 82.4. The van der Waals surface area contributed by atoms with E-state index in [-0.39, 0.29) is 31.4 Å². The number of aromatic nitrogens is 3. The van der Waals surface area contributed by atoms with Crippen LogP contribution in [0.5, 0.6) is 0 Å². The van der Waals surface area contributed by atoms with Crippen LogP contribution in [0.3, 0.4) is 0 Å². The first-order valence-electron chi connectivity index (χ1n) is 23.2. The van der Waals surface area contributed by atoms with Crippen LogP contribution in [0.2, 0.25) is 0 Å². The zero-order valence-corrected chi connectivity index (χ0v) is 40.8. The molecular weight excluding hydrogens is 861 g/mol. The Balaban J connectivity index is 1.23. The number of rotatable bonds is 8. The SMILES string of the molecule is CCn1c(-c2cccnc2[C@H](C)O)c2c3cc(ccc31)-c1csc(n1)C[C@H](NC(=O)[C@H](C(C)C)N(C)C(=O)[C@H]1CCN(C(=O)OC(C)(C)C)C1)C(=O)N1CCC[C@H](N1)C(=O)OCC(C)(C)C2. The topological polar surface area (TPSA) is 189 Å². The molecule has 3 N–H and O–H groups in total. The van der Waals surface area contributed by atoms with Crippen LogP contribution in [0.25, 0.3) is 33.4 Å². The lowest BCUT2D eigenvalue weighted by Gasteiger charge is -2.37. The predicted octanol–water partition coefficient (Wildman–Crippen LogP) is 6.29. The fourth-order valence-electron chi connectivity index (χ4n) is 9.52. The van der Waals surface area contributed by atoms with Crippen LogP contribution in [0.4, 0.5) is 4.79 Å². The molecule has 16 nitrogen and oxygen atoms in total. The van der Waals surface area contributed by atoms with E-state index in [9.17, 15) is 29.1 Å². The average molecular weight is 927 g/mol. The fourth-order valence-corrected chi connectivity index (χ4v) is 10.4. The predicted molar refractivity (Wildman–Crippen MR) is 252 cm³/mol. The summed E-state index contributed by atoms with van der Waals surface area (Å²) in [7, 11) is 1.59. The van der Waals surface area contributed by atoms with E-state index in [1.165, 1.54) is 26.1 Å². The van der Waals surface area contributed by atoms with Crippen LogP contribution in [0.15, 0.2) is 41.9 Å². The molecule has 0 unspecified atom stereocenters. The molecule has 0 radical (unpaired) electrons. The van der Waals surface area contributed by atoms with Crippen molar-refractivity contribution < 1.29 is 38.6 Å². The number of fused-ring (bicyclic) bond motifs is 6. The molecule has 3 aliphatic rings. The lowest BCUT2D eigenvalue weighted by atomic mass is 9.84. The molecule has 4 aromatic rings. The van der Waals surface area contributed by atoms with E-state index >= 15 is 0 Å². The number of likely N-dealkylation sites (N-methyl/N-ethyl adjacent to an activating group) is 1. The molecular formula is C49H66N8O8S. The van der Waals surface area contributed by atoms with Crippen molar-refractivity contribution >= 4 is 52.0 Å². The standard InChI is InChI=1S/C49H66N8O8S/c1-11-56-38-17-16-30-22-33(38)34(42(56)32-14-12-19-50-40(32)29(4)58)24-49(8,9)27-64-46(62)35-15-13-20-57(53-35)45(61)36(23-39-51-37(30)26-66-39)52-43(59)41(28(2)3)54(10)44(60)31-18-21-55(25-31)47(63)65-48(5,6)7/h12,14,16-17,19,22,26,28-29,31,35-36,41,53,58H,11,13,15,18,20-21,23-25,27H2,1-10H3,(H,52,59)/t29-,31-,35-,36-,41-/m0/s1. The number of cyclic esters (lactones) is 1. The molecule has 6 heterocycles. The molecule has 0 aliphatic carbocycles. The van der Waals surface area contributed by atoms with Crippen molar-refractivity contribution in [3.05, 3.63) is 58.2 Å². The molecule has 66 heavy (non-hydrogen) atoms. The molecule has 17 heteroatoms. The fraction of sp³-hybridized carbons (Fsp3) is 0.571. The number of hydrazine groups is 1. The molecule has 4 amide bonds. The van der Waals surface area contributed by atoms with E-state index in [1.807, 2.05) is 37.4 Å². The number of amides is 4. The number of likely N-dealkylation sites (tertiary alicyclic amines) is 1. The van der Waals surface area contributed by atoms with Gasteiger partial charge in [-0.1, -0.05) is 33.8 Å². The number of aliphatic hydroxyl groups is 1. The molecule has 0 saturated carbocycles. The summed E-state index contributed by atoms with van der Waals surface area (Å²) in [6.45, 7) is 18.6. The number of carbonyl (C=O) groups is 5. The number of nitrogens with one attached hydrogen (secondary N) is 2. The average Bonchev–Trinajstić information content (AvgIpc) is 4.02. The Morgan fingerprint density at radius 1 is 1.12 bits per heavy atom. The first-order chi connectivity index (χ1) is 31.2. The Kier molecular flexibility index (Phi) is 14.3. The van der Waals surface area contributed by atoms with Crippen molar-refractivity contribution in [3.63, 3.8) is 0 Å². The molecule has 0 spiro atoms. The third kappa shape index (κ3) is 10.4. The van der Waals surface area contributed by atoms with Gasteiger partial charge in [-0.05, 0) is 96.0 Å². The number of hydrogen-bond acceptors (Lipinski definition) is 12. The summed E-state index contributed by atoms with van der Waals surface area (Å²) in [5.74, 6) is -2.56. The summed E-state index contributed by atoms with van der Waals surface area (Å²) in [6, 6.07) is 7.27. The van der Waals surface area contributed by atoms with Crippen molar-refractivity contribution in [1.29, 1.82) is 0 Å². The maximum absolute atomic E-state index is 14.6. The van der Waals surface area contributed by atoms with Gasteiger partial charge in [0.05, 0.1) is 40.7 Å². The van der Waals surface area contributed by atoms with Crippen molar-refractivity contribution in [2.45, 2.75) is 131 Å². The third-order valence-corrected chi connectivity index (χ3v) is 13.5. The zero-order valence-electron chi connectivity index (χ0n) is 40.0. The van der Waals surface area contributed by atoms with Crippen molar-refractivity contribution in [2.75, 3.05) is 33.3 Å². The number of aryl methyl sites for hydroxylation is 1. The van der Waals surface area contributed by atoms with Gasteiger partial charge < -0.3 is 34.3 Å². The highest BCUT2D eigenvalue weighted by Crippen LogP contribution is 2.42. The van der Waals surface area contributed by atoms with Crippen molar-refractivity contribution in [1.82, 2.24) is 40.1 Å². The van der Waals surface area contributed by atoms with Gasteiger partial charge in [0, 0.05) is 78.7 Å². The maximum Gasteiger partial charge on any atom is 0.410 e. The molecule has 2 saturated heterocycles. The number of ether oxygens (including phenoxy) is 2. The van der Waals surface area contributed by atoms with E-state index in [4.69, 9.17) is 14.5 Å². The summed E-state index contributed by atoms with van der Waals surface area (Å²) >= 11 is 1.39. The summed E-state index contributed by atoms with van der Waals surface area (Å²) in [5.41, 5.74) is 7.86. The molecule has 2 fully saturated rings. The van der Waals surface area contributed by atoms with Gasteiger partial charge in [0.1, 0.15) is 23.7 Å². The van der Waals surface area contributed by atoms with Crippen LogP contribution in [0.1, 0.15) is 104 Å². The van der Waals surface area contributed by atoms with Crippen LogP contribution >= 0.6 is 11.3 Å². The minimum atomic E-state index is -1.10. The number of benzene rings is 1. The molecule has 5 atom stereocenters. The number of carbonyl (C=O) groups excluding carboxylic acids is 5. The first-order valence-corrected chi connectivity index (χ1v) is 24.1. The Morgan fingerprint density at radius 2 is 1.88 bits per heavy atom. The van der Waals surface area contributed by atoms with E-state index in [0.717, 1.165) is 33.3 Å². The van der Waals surface area contributed by atoms with Crippen LogP contribution in [-0.2, 0) is 48.0 Å². The van der Waals surface area contributed by atoms with Gasteiger partial charge in [0.25, 0.3) is 5.91 Å². The monoisotopic (exact) mass is 926 g/mol. The summed E-state index contributed by atoms with van der Waals surface area (Å²) < 4.78 is 13.9. The number of nitrogens with zero attached hydrogens (tertiary/aromatic N) is 6. The van der Waals surface area contributed by atoms with Gasteiger partial charge >= 0.3 is 12.1 Å². The highest BCUT2D eigenvalue weighted by molar-refractivity contribution is 7.10. The Hall–Kier alpha value is -5.39. The van der Waals surface area contributed by atoms with Crippen LogP contribution in [-0.4, -0.2) is 121 Å². The second kappa shape index (κ2) is 19.4. The Labute approximate surface area is 391 Å². The van der Waals surface area contributed by atoms with Gasteiger partial charge in [-0.25, -0.2) is 15.2 Å². The van der Waals surface area contributed by atoms with Crippen LogP contribution in [0, 0.1) is 17.3 Å². The van der Waals surface area contributed by atoms with E-state index < -0.39 is 65.0 Å². The highest BCUT2D eigenvalue weighted by atomic mass is 32.1. The van der Waals surface area contributed by atoms with E-state index in [0.29, 0.717) is 61.7 Å².